The van der Waals surface area contributed by atoms with Gasteiger partial charge in [0.1, 0.15) is 23.1 Å². The molecule has 1 aliphatic heterocycles. The lowest BCUT2D eigenvalue weighted by molar-refractivity contribution is -0.121. The molecule has 1 heterocycles. The Hall–Kier alpha value is -3.55. The predicted octanol–water partition coefficient (Wildman–Crippen LogP) is 1.85. The van der Waals surface area contributed by atoms with Crippen LogP contribution in [0.1, 0.15) is 22.3 Å². The van der Waals surface area contributed by atoms with E-state index >= 15 is 0 Å². The van der Waals surface area contributed by atoms with Crippen molar-refractivity contribution < 1.29 is 29.7 Å². The van der Waals surface area contributed by atoms with E-state index in [-0.39, 0.29) is 17.9 Å². The number of aromatic hydroxyl groups is 2. The molecule has 1 atom stereocenters. The fourth-order valence-corrected chi connectivity index (χ4v) is 2.85. The fourth-order valence-electron chi connectivity index (χ4n) is 2.85. The smallest absolute Gasteiger partial charge is 0.339 e. The number of nitrogens with zero attached hydrogens (tertiary/aromatic N) is 1. The quantitative estimate of drug-likeness (QED) is 0.486. The minimum atomic E-state index is -1.36. The molecule has 26 heavy (non-hydrogen) atoms. The minimum absolute atomic E-state index is 0.0851. The van der Waals surface area contributed by atoms with E-state index in [9.17, 15) is 24.6 Å². The average Bonchev–Trinajstić information content (AvgIpc) is 2.84. The van der Waals surface area contributed by atoms with E-state index in [1.165, 1.54) is 18.2 Å². The Kier molecular flexibility index (Phi) is 4.25. The van der Waals surface area contributed by atoms with Crippen LogP contribution in [-0.4, -0.2) is 39.1 Å². The molecule has 0 aliphatic carbocycles. The Morgan fingerprint density at radius 3 is 2.54 bits per heavy atom. The van der Waals surface area contributed by atoms with Gasteiger partial charge in [-0.05, 0) is 48.9 Å². The number of imide groups is 1. The van der Waals surface area contributed by atoms with Gasteiger partial charge >= 0.3 is 5.97 Å². The molecule has 8 nitrogen and oxygen atoms in total. The van der Waals surface area contributed by atoms with Crippen LogP contribution in [0.3, 0.4) is 0 Å². The van der Waals surface area contributed by atoms with Gasteiger partial charge in [0.2, 0.25) is 5.91 Å². The van der Waals surface area contributed by atoms with E-state index < -0.39 is 35.1 Å². The summed E-state index contributed by atoms with van der Waals surface area (Å²) in [6, 6.07) is 7.31. The third-order valence-electron chi connectivity index (χ3n) is 4.16. The number of carboxylic acid groups (broad SMARTS) is 1. The molecule has 8 heteroatoms. The number of aryl methyl sites for hydroxylation is 1. The van der Waals surface area contributed by atoms with Gasteiger partial charge in [0, 0.05) is 5.69 Å². The van der Waals surface area contributed by atoms with Crippen LogP contribution in [0.4, 0.5) is 11.4 Å². The number of phenolic OH excluding ortho intramolecular Hbond substituents is 1. The molecule has 1 saturated heterocycles. The molecule has 2 amide bonds. The lowest BCUT2D eigenvalue weighted by Gasteiger charge is -2.17. The minimum Gasteiger partial charge on any atom is -0.508 e. The summed E-state index contributed by atoms with van der Waals surface area (Å²) in [5.74, 6) is -2.73. The lowest BCUT2D eigenvalue weighted by Crippen LogP contribution is -2.35. The predicted molar refractivity (Wildman–Crippen MR) is 92.4 cm³/mol. The topological polar surface area (TPSA) is 127 Å². The van der Waals surface area contributed by atoms with E-state index in [1.54, 1.807) is 13.0 Å². The van der Waals surface area contributed by atoms with Crippen molar-refractivity contribution in [3.63, 3.8) is 0 Å². The molecular weight excluding hydrogens is 340 g/mol. The molecule has 3 rings (SSSR count). The molecule has 4 N–H and O–H groups in total. The van der Waals surface area contributed by atoms with Gasteiger partial charge in [-0.25, -0.2) is 9.69 Å². The van der Waals surface area contributed by atoms with Crippen molar-refractivity contribution in [2.75, 3.05) is 10.2 Å². The summed E-state index contributed by atoms with van der Waals surface area (Å²) in [5, 5.41) is 31.1. The van der Waals surface area contributed by atoms with E-state index in [1.807, 2.05) is 0 Å². The second kappa shape index (κ2) is 6.40. The summed E-state index contributed by atoms with van der Waals surface area (Å²) < 4.78 is 0. The van der Waals surface area contributed by atoms with Gasteiger partial charge < -0.3 is 20.6 Å². The van der Waals surface area contributed by atoms with Gasteiger partial charge in [-0.15, -0.1) is 0 Å². The highest BCUT2D eigenvalue weighted by molar-refractivity contribution is 6.23. The van der Waals surface area contributed by atoms with Crippen molar-refractivity contribution >= 4 is 29.2 Å². The maximum Gasteiger partial charge on any atom is 0.339 e. The summed E-state index contributed by atoms with van der Waals surface area (Å²) in [6.07, 6.45) is -0.0948. The summed E-state index contributed by atoms with van der Waals surface area (Å²) in [6.45, 7) is 1.75. The first-order chi connectivity index (χ1) is 12.3. The Morgan fingerprint density at radius 1 is 1.15 bits per heavy atom. The van der Waals surface area contributed by atoms with Crippen LogP contribution < -0.4 is 10.2 Å². The standard InChI is InChI=1S/C18H16N2O6/c1-9-6-11(21)3-4-13(9)19-14-8-16(23)20(17(14)24)10-2-5-15(22)12(7-10)18(25)26/h2-7,14,19,21-22H,8H2,1H3,(H,25,26). The first-order valence-corrected chi connectivity index (χ1v) is 7.77. The zero-order chi connectivity index (χ0) is 19.0. The second-order valence-corrected chi connectivity index (χ2v) is 5.97. The number of carboxylic acids is 1. The van der Waals surface area contributed by atoms with Gasteiger partial charge in [0.05, 0.1) is 12.1 Å². The van der Waals surface area contributed by atoms with Crippen LogP contribution in [0.2, 0.25) is 0 Å². The molecule has 1 unspecified atom stereocenters. The summed E-state index contributed by atoms with van der Waals surface area (Å²) in [4.78, 5) is 37.0. The van der Waals surface area contributed by atoms with E-state index in [4.69, 9.17) is 5.11 Å². The molecule has 134 valence electrons. The Balaban J connectivity index is 1.87. The number of amides is 2. The first kappa shape index (κ1) is 17.3. The molecule has 0 saturated carbocycles. The second-order valence-electron chi connectivity index (χ2n) is 5.97. The number of nitrogens with one attached hydrogen (secondary N) is 1. The lowest BCUT2D eigenvalue weighted by atomic mass is 10.1. The Labute approximate surface area is 148 Å². The Morgan fingerprint density at radius 2 is 1.88 bits per heavy atom. The highest BCUT2D eigenvalue weighted by Crippen LogP contribution is 2.30. The number of carbonyl (C=O) groups is 3. The number of phenols is 2. The van der Waals surface area contributed by atoms with Gasteiger partial charge in [-0.2, -0.15) is 0 Å². The van der Waals surface area contributed by atoms with E-state index in [0.717, 1.165) is 17.0 Å². The third-order valence-corrected chi connectivity index (χ3v) is 4.16. The average molecular weight is 356 g/mol. The molecular formula is C18H16N2O6. The van der Waals surface area contributed by atoms with Crippen molar-refractivity contribution in [1.29, 1.82) is 0 Å². The van der Waals surface area contributed by atoms with E-state index in [0.29, 0.717) is 11.3 Å². The summed E-state index contributed by atoms with van der Waals surface area (Å²) >= 11 is 0. The zero-order valence-corrected chi connectivity index (χ0v) is 13.8. The maximum absolute atomic E-state index is 12.6. The molecule has 2 aromatic carbocycles. The van der Waals surface area contributed by atoms with Gasteiger partial charge in [0.15, 0.2) is 0 Å². The summed E-state index contributed by atoms with van der Waals surface area (Å²) in [7, 11) is 0. The number of anilines is 2. The number of hydrogen-bond donors (Lipinski definition) is 4. The van der Waals surface area contributed by atoms with Crippen LogP contribution in [-0.2, 0) is 9.59 Å². The Bertz CT molecular complexity index is 924. The van der Waals surface area contributed by atoms with Crippen molar-refractivity contribution in [2.45, 2.75) is 19.4 Å². The number of rotatable bonds is 4. The first-order valence-electron chi connectivity index (χ1n) is 7.77. The highest BCUT2D eigenvalue weighted by Gasteiger charge is 2.40. The highest BCUT2D eigenvalue weighted by atomic mass is 16.4. The molecule has 2 aromatic rings. The fraction of sp³-hybridized carbons (Fsp3) is 0.167. The van der Waals surface area contributed by atoms with Crippen molar-refractivity contribution in [2.24, 2.45) is 0 Å². The van der Waals surface area contributed by atoms with Gasteiger partial charge in [-0.3, -0.25) is 9.59 Å². The molecule has 0 radical (unpaired) electrons. The van der Waals surface area contributed by atoms with Crippen molar-refractivity contribution in [1.82, 2.24) is 0 Å². The largest absolute Gasteiger partial charge is 0.508 e. The van der Waals surface area contributed by atoms with Crippen LogP contribution in [0.5, 0.6) is 11.5 Å². The van der Waals surface area contributed by atoms with Crippen LogP contribution in [0.25, 0.3) is 0 Å². The molecule has 1 fully saturated rings. The number of aromatic carboxylic acids is 1. The third kappa shape index (κ3) is 3.04. The van der Waals surface area contributed by atoms with E-state index in [2.05, 4.69) is 5.32 Å². The maximum atomic E-state index is 12.6. The summed E-state index contributed by atoms with van der Waals surface area (Å²) in [5.41, 5.74) is 1.00. The van der Waals surface area contributed by atoms with Crippen molar-refractivity contribution in [3.05, 3.63) is 47.5 Å². The number of benzene rings is 2. The zero-order valence-electron chi connectivity index (χ0n) is 13.8. The van der Waals surface area contributed by atoms with Crippen molar-refractivity contribution in [3.8, 4) is 11.5 Å². The molecule has 0 bridgehead atoms. The molecule has 0 spiro atoms. The van der Waals surface area contributed by atoms with Gasteiger partial charge in [0.25, 0.3) is 5.91 Å². The molecule has 1 aliphatic rings. The molecule has 0 aromatic heterocycles. The van der Waals surface area contributed by atoms with Crippen LogP contribution in [0.15, 0.2) is 36.4 Å². The van der Waals surface area contributed by atoms with Crippen LogP contribution >= 0.6 is 0 Å². The monoisotopic (exact) mass is 356 g/mol. The number of hydrogen-bond acceptors (Lipinski definition) is 6. The SMILES string of the molecule is Cc1cc(O)ccc1NC1CC(=O)N(c2ccc(O)c(C(=O)O)c2)C1=O. The van der Waals surface area contributed by atoms with Crippen LogP contribution in [0, 0.1) is 6.92 Å². The number of carbonyl (C=O) groups excluding carboxylic acids is 2. The van der Waals surface area contributed by atoms with Gasteiger partial charge in [-0.1, -0.05) is 0 Å². The normalized spacial score (nSPS) is 16.8.